The largest absolute Gasteiger partial charge is 0.382 e. The lowest BCUT2D eigenvalue weighted by atomic mass is 10.3. The molecule has 2 rings (SSSR count). The maximum Gasteiger partial charge on any atom is 0.267 e. The molecule has 1 saturated carbocycles. The van der Waals surface area contributed by atoms with Gasteiger partial charge < -0.3 is 15.5 Å². The predicted molar refractivity (Wildman–Crippen MR) is 84.3 cm³/mol. The van der Waals surface area contributed by atoms with E-state index in [1.807, 2.05) is 7.05 Å². The lowest BCUT2D eigenvalue weighted by Gasteiger charge is -2.17. The number of thiazole rings is 1. The van der Waals surface area contributed by atoms with Crippen LogP contribution in [0, 0.1) is 11.8 Å². The van der Waals surface area contributed by atoms with Gasteiger partial charge in [0.05, 0.1) is 0 Å². The van der Waals surface area contributed by atoms with Crippen LogP contribution in [0.3, 0.4) is 0 Å². The Morgan fingerprint density at radius 3 is 2.55 bits per heavy atom. The molecule has 1 amide bonds. The molecule has 2 N–H and O–H groups in total. The van der Waals surface area contributed by atoms with E-state index in [2.05, 4.69) is 30.7 Å². The Morgan fingerprint density at radius 1 is 1.45 bits per heavy atom. The molecule has 0 spiro atoms. The highest BCUT2D eigenvalue weighted by molar-refractivity contribution is 7.18. The number of amides is 1. The predicted octanol–water partition coefficient (Wildman–Crippen LogP) is 2.30. The number of hydrogen-bond donors (Lipinski definition) is 1. The van der Waals surface area contributed by atoms with Crippen molar-refractivity contribution < 1.29 is 4.79 Å². The Morgan fingerprint density at radius 2 is 2.05 bits per heavy atom. The highest BCUT2D eigenvalue weighted by Crippen LogP contribution is 2.38. The van der Waals surface area contributed by atoms with Crippen LogP contribution in [0.2, 0.25) is 0 Å². The molecule has 112 valence electrons. The summed E-state index contributed by atoms with van der Waals surface area (Å²) < 4.78 is 0. The zero-order valence-electron chi connectivity index (χ0n) is 12.7. The van der Waals surface area contributed by atoms with Crippen molar-refractivity contribution in [3.8, 4) is 0 Å². The number of carbonyl (C=O) groups excluding carboxylic acids is 1. The molecule has 1 aromatic rings. The maximum atomic E-state index is 12.4. The van der Waals surface area contributed by atoms with E-state index in [-0.39, 0.29) is 5.91 Å². The van der Waals surface area contributed by atoms with E-state index in [0.29, 0.717) is 16.6 Å². The average Bonchev–Trinajstić information content (AvgIpc) is 2.96. The quantitative estimate of drug-likeness (QED) is 0.875. The zero-order valence-corrected chi connectivity index (χ0v) is 13.5. The van der Waals surface area contributed by atoms with Crippen molar-refractivity contribution in [3.63, 3.8) is 0 Å². The van der Waals surface area contributed by atoms with E-state index in [0.717, 1.165) is 30.7 Å². The van der Waals surface area contributed by atoms with Crippen molar-refractivity contribution in [1.82, 2.24) is 9.88 Å². The third-order valence-electron chi connectivity index (χ3n) is 4.00. The van der Waals surface area contributed by atoms with Gasteiger partial charge in [-0.15, -0.1) is 0 Å². The molecule has 2 atom stereocenters. The van der Waals surface area contributed by atoms with Gasteiger partial charge >= 0.3 is 0 Å². The van der Waals surface area contributed by atoms with Crippen LogP contribution in [0.25, 0.3) is 0 Å². The zero-order chi connectivity index (χ0) is 14.9. The highest BCUT2D eigenvalue weighted by Gasteiger charge is 2.35. The molecule has 0 radical (unpaired) electrons. The summed E-state index contributed by atoms with van der Waals surface area (Å²) in [5.41, 5.74) is 5.93. The molecule has 1 aliphatic carbocycles. The number of anilines is 2. The Kier molecular flexibility index (Phi) is 4.52. The normalized spacial score (nSPS) is 20.8. The first kappa shape index (κ1) is 15.1. The number of hydrogen-bond acceptors (Lipinski definition) is 5. The van der Waals surface area contributed by atoms with Crippen LogP contribution in [0.5, 0.6) is 0 Å². The number of nitrogens with zero attached hydrogens (tertiary/aromatic N) is 3. The van der Waals surface area contributed by atoms with Crippen LogP contribution in [-0.2, 0) is 0 Å². The van der Waals surface area contributed by atoms with Crippen molar-refractivity contribution >= 4 is 28.2 Å². The lowest BCUT2D eigenvalue weighted by Crippen LogP contribution is -2.29. The first-order chi connectivity index (χ1) is 9.47. The van der Waals surface area contributed by atoms with E-state index in [1.54, 1.807) is 4.90 Å². The molecule has 0 saturated heterocycles. The van der Waals surface area contributed by atoms with Gasteiger partial charge in [0.2, 0.25) is 0 Å². The number of carbonyl (C=O) groups is 1. The van der Waals surface area contributed by atoms with Crippen LogP contribution in [0.15, 0.2) is 0 Å². The van der Waals surface area contributed by atoms with Gasteiger partial charge in [0.1, 0.15) is 10.7 Å². The Balaban J connectivity index is 2.09. The fourth-order valence-electron chi connectivity index (χ4n) is 2.36. The Bertz CT molecular complexity index is 484. The molecule has 0 bridgehead atoms. The van der Waals surface area contributed by atoms with Gasteiger partial charge in [-0.25, -0.2) is 4.98 Å². The minimum Gasteiger partial charge on any atom is -0.382 e. The molecule has 0 aromatic carbocycles. The van der Waals surface area contributed by atoms with E-state index in [4.69, 9.17) is 5.73 Å². The van der Waals surface area contributed by atoms with Crippen LogP contribution in [0.4, 0.5) is 10.9 Å². The monoisotopic (exact) mass is 296 g/mol. The second-order valence-electron chi connectivity index (χ2n) is 5.54. The number of nitrogen functional groups attached to an aromatic ring is 1. The summed E-state index contributed by atoms with van der Waals surface area (Å²) in [6.07, 6.45) is 1.22. The number of rotatable bonds is 6. The molecule has 6 heteroatoms. The molecule has 1 fully saturated rings. The summed E-state index contributed by atoms with van der Waals surface area (Å²) in [5.74, 6) is 1.76. The lowest BCUT2D eigenvalue weighted by molar-refractivity contribution is 0.0792. The van der Waals surface area contributed by atoms with E-state index in [1.165, 1.54) is 17.8 Å². The molecule has 2 unspecified atom stereocenters. The number of nitrogens with two attached hydrogens (primary N) is 1. The van der Waals surface area contributed by atoms with Gasteiger partial charge in [-0.3, -0.25) is 4.79 Å². The van der Waals surface area contributed by atoms with Gasteiger partial charge in [-0.1, -0.05) is 18.3 Å². The van der Waals surface area contributed by atoms with Gasteiger partial charge in [-0.05, 0) is 32.1 Å². The first-order valence-corrected chi connectivity index (χ1v) is 8.06. The topological polar surface area (TPSA) is 62.5 Å². The smallest absolute Gasteiger partial charge is 0.267 e. The molecule has 0 aliphatic heterocycles. The van der Waals surface area contributed by atoms with Gasteiger partial charge in [0, 0.05) is 26.7 Å². The molecule has 1 aliphatic rings. The summed E-state index contributed by atoms with van der Waals surface area (Å²) in [6, 6.07) is 0. The SMILES string of the molecule is CCN(CC)c1nc(N)c(C(=O)N(C)CC2CC2C)s1. The molecule has 20 heavy (non-hydrogen) atoms. The van der Waals surface area contributed by atoms with Gasteiger partial charge in [0.25, 0.3) is 5.91 Å². The molecular weight excluding hydrogens is 272 g/mol. The van der Waals surface area contributed by atoms with Crippen molar-refractivity contribution in [3.05, 3.63) is 4.88 Å². The highest BCUT2D eigenvalue weighted by atomic mass is 32.1. The molecule has 1 aromatic heterocycles. The van der Waals surface area contributed by atoms with Gasteiger partial charge in [-0.2, -0.15) is 0 Å². The second kappa shape index (κ2) is 5.99. The summed E-state index contributed by atoms with van der Waals surface area (Å²) in [5, 5.41) is 0.837. The van der Waals surface area contributed by atoms with Crippen molar-refractivity contribution in [2.45, 2.75) is 27.2 Å². The average molecular weight is 296 g/mol. The van der Waals surface area contributed by atoms with Crippen molar-refractivity contribution in [1.29, 1.82) is 0 Å². The second-order valence-corrected chi connectivity index (χ2v) is 6.52. The first-order valence-electron chi connectivity index (χ1n) is 7.24. The van der Waals surface area contributed by atoms with Crippen molar-refractivity contribution in [2.75, 3.05) is 37.3 Å². The van der Waals surface area contributed by atoms with E-state index in [9.17, 15) is 4.79 Å². The summed E-state index contributed by atoms with van der Waals surface area (Å²) in [7, 11) is 1.85. The Hall–Kier alpha value is -1.30. The van der Waals surface area contributed by atoms with Crippen LogP contribution >= 0.6 is 11.3 Å². The fraction of sp³-hybridized carbons (Fsp3) is 0.714. The molecular formula is C14H24N4OS. The van der Waals surface area contributed by atoms with Crippen molar-refractivity contribution in [2.24, 2.45) is 11.8 Å². The molecule has 5 nitrogen and oxygen atoms in total. The van der Waals surface area contributed by atoms with Crippen LogP contribution in [-0.4, -0.2) is 42.5 Å². The van der Waals surface area contributed by atoms with Crippen LogP contribution in [0.1, 0.15) is 36.9 Å². The minimum atomic E-state index is -0.00231. The third-order valence-corrected chi connectivity index (χ3v) is 5.12. The Labute approximate surface area is 124 Å². The van der Waals surface area contributed by atoms with E-state index >= 15 is 0 Å². The summed E-state index contributed by atoms with van der Waals surface area (Å²) in [4.78, 5) is 21.3. The summed E-state index contributed by atoms with van der Waals surface area (Å²) in [6.45, 7) is 8.92. The standard InChI is InChI=1S/C14H24N4OS/c1-5-18(6-2)14-16-12(15)11(20-14)13(19)17(4)8-10-7-9(10)3/h9-10H,5-8,15H2,1-4H3. The third kappa shape index (κ3) is 3.06. The van der Waals surface area contributed by atoms with Crippen LogP contribution < -0.4 is 10.6 Å². The van der Waals surface area contributed by atoms with Gasteiger partial charge in [0.15, 0.2) is 5.13 Å². The fourth-order valence-corrected chi connectivity index (χ4v) is 3.47. The number of aromatic nitrogens is 1. The summed E-state index contributed by atoms with van der Waals surface area (Å²) >= 11 is 1.40. The molecule has 1 heterocycles. The maximum absolute atomic E-state index is 12.4. The minimum absolute atomic E-state index is 0.00231. The van der Waals surface area contributed by atoms with E-state index < -0.39 is 0 Å².